The van der Waals surface area contributed by atoms with Crippen LogP contribution in [0.4, 0.5) is 26.4 Å². The first-order valence-electron chi connectivity index (χ1n) is 12.0. The Kier molecular flexibility index (Phi) is 7.48. The third-order valence-electron chi connectivity index (χ3n) is 6.04. The van der Waals surface area contributed by atoms with E-state index in [4.69, 9.17) is 20.0 Å². The molecule has 0 aliphatic carbocycles. The zero-order valence-corrected chi connectivity index (χ0v) is 20.3. The van der Waals surface area contributed by atoms with Crippen LogP contribution < -0.4 is 20.7 Å². The molecule has 15 heteroatoms. The summed E-state index contributed by atoms with van der Waals surface area (Å²) >= 11 is 0. The number of hydrogen-bond donors (Lipinski definition) is 4. The molecular formula is C23H27F2N9O4. The highest BCUT2D eigenvalue weighted by molar-refractivity contribution is 5.54. The fourth-order valence-electron chi connectivity index (χ4n) is 4.04. The minimum atomic E-state index is -1.15. The number of benzene rings is 1. The molecule has 1 fully saturated rings. The SMILES string of the molecule is Nc1nc(NCCN2CCN(c3cc(OC[C@H](O)CO)c(F)cc3F)CC2)nc2nc(-c3ccco3)nn12. The molecule has 1 aromatic carbocycles. The van der Waals surface area contributed by atoms with E-state index in [-0.39, 0.29) is 29.8 Å². The molecular weight excluding hydrogens is 504 g/mol. The van der Waals surface area contributed by atoms with Crippen LogP contribution in [-0.4, -0.2) is 98.3 Å². The lowest BCUT2D eigenvalue weighted by Gasteiger charge is -2.36. The minimum Gasteiger partial charge on any atom is -0.488 e. The lowest BCUT2D eigenvalue weighted by atomic mass is 10.2. The van der Waals surface area contributed by atoms with Gasteiger partial charge in [0.2, 0.25) is 17.7 Å². The average molecular weight is 532 g/mol. The summed E-state index contributed by atoms with van der Waals surface area (Å²) in [6.07, 6.45) is 0.372. The molecule has 202 valence electrons. The molecule has 38 heavy (non-hydrogen) atoms. The first kappa shape index (κ1) is 25.6. The zero-order chi connectivity index (χ0) is 26.6. The number of aromatic nitrogens is 5. The third-order valence-corrected chi connectivity index (χ3v) is 6.04. The van der Waals surface area contributed by atoms with Crippen molar-refractivity contribution in [2.45, 2.75) is 6.10 Å². The minimum absolute atomic E-state index is 0.131. The number of furan rings is 1. The summed E-state index contributed by atoms with van der Waals surface area (Å²) in [6, 6.07) is 5.52. The van der Waals surface area contributed by atoms with Gasteiger partial charge in [-0.25, -0.2) is 8.78 Å². The molecule has 0 radical (unpaired) electrons. The maximum Gasteiger partial charge on any atom is 0.259 e. The molecule has 1 saturated heterocycles. The van der Waals surface area contributed by atoms with Gasteiger partial charge in [0.15, 0.2) is 17.3 Å². The highest BCUT2D eigenvalue weighted by Gasteiger charge is 2.22. The van der Waals surface area contributed by atoms with Gasteiger partial charge in [0.25, 0.3) is 5.78 Å². The smallest absolute Gasteiger partial charge is 0.259 e. The molecule has 13 nitrogen and oxygen atoms in total. The monoisotopic (exact) mass is 531 g/mol. The van der Waals surface area contributed by atoms with E-state index in [2.05, 4.69) is 30.3 Å². The Hall–Kier alpha value is -4.08. The molecule has 4 aromatic rings. The Balaban J connectivity index is 1.14. The summed E-state index contributed by atoms with van der Waals surface area (Å²) < 4.78 is 40.5. The number of piperazine rings is 1. The molecule has 0 unspecified atom stereocenters. The molecule has 5 rings (SSSR count). The van der Waals surface area contributed by atoms with E-state index in [1.165, 1.54) is 16.8 Å². The molecule has 0 bridgehead atoms. The quantitative estimate of drug-likeness (QED) is 0.226. The normalized spacial score (nSPS) is 15.2. The predicted octanol–water partition coefficient (Wildman–Crippen LogP) is 0.606. The first-order chi connectivity index (χ1) is 18.4. The molecule has 0 amide bonds. The summed E-state index contributed by atoms with van der Waals surface area (Å²) in [5, 5.41) is 25.7. The summed E-state index contributed by atoms with van der Waals surface area (Å²) in [6.45, 7) is 2.72. The molecule has 4 heterocycles. The van der Waals surface area contributed by atoms with Gasteiger partial charge >= 0.3 is 0 Å². The fourth-order valence-corrected chi connectivity index (χ4v) is 4.04. The van der Waals surface area contributed by atoms with Crippen LogP contribution in [0.5, 0.6) is 5.75 Å². The van der Waals surface area contributed by atoms with Gasteiger partial charge in [-0.05, 0) is 12.1 Å². The van der Waals surface area contributed by atoms with Crippen LogP contribution in [0.25, 0.3) is 17.4 Å². The summed E-state index contributed by atoms with van der Waals surface area (Å²) in [4.78, 5) is 16.9. The Labute approximate surface area is 215 Å². The van der Waals surface area contributed by atoms with Crippen molar-refractivity contribution < 1.29 is 28.1 Å². The van der Waals surface area contributed by atoms with Gasteiger partial charge in [0.1, 0.15) is 18.5 Å². The van der Waals surface area contributed by atoms with Crippen LogP contribution in [0, 0.1) is 11.6 Å². The highest BCUT2D eigenvalue weighted by atomic mass is 19.1. The van der Waals surface area contributed by atoms with E-state index in [0.29, 0.717) is 56.8 Å². The predicted molar refractivity (Wildman–Crippen MR) is 133 cm³/mol. The Bertz CT molecular complexity index is 1380. The zero-order valence-electron chi connectivity index (χ0n) is 20.3. The van der Waals surface area contributed by atoms with Crippen molar-refractivity contribution in [2.75, 3.05) is 68.4 Å². The number of fused-ring (bicyclic) bond motifs is 1. The van der Waals surface area contributed by atoms with Crippen LogP contribution in [0.3, 0.4) is 0 Å². The number of halogens is 2. The molecule has 0 spiro atoms. The Morgan fingerprint density at radius 3 is 2.68 bits per heavy atom. The van der Waals surface area contributed by atoms with E-state index in [9.17, 15) is 13.9 Å². The number of nitrogen functional groups attached to an aromatic ring is 1. The molecule has 1 aliphatic rings. The molecule has 5 N–H and O–H groups in total. The largest absolute Gasteiger partial charge is 0.488 e. The van der Waals surface area contributed by atoms with Gasteiger partial charge in [0.05, 0.1) is 18.6 Å². The molecule has 1 aliphatic heterocycles. The van der Waals surface area contributed by atoms with E-state index in [1.807, 2.05) is 4.90 Å². The van der Waals surface area contributed by atoms with Crippen molar-refractivity contribution in [3.8, 4) is 17.3 Å². The number of hydrogen-bond acceptors (Lipinski definition) is 12. The number of nitrogens with one attached hydrogen (secondary N) is 1. The van der Waals surface area contributed by atoms with Gasteiger partial charge in [-0.15, -0.1) is 5.10 Å². The van der Waals surface area contributed by atoms with Gasteiger partial charge in [-0.3, -0.25) is 4.90 Å². The number of ether oxygens (including phenoxy) is 1. The van der Waals surface area contributed by atoms with Crippen molar-refractivity contribution in [2.24, 2.45) is 0 Å². The second kappa shape index (κ2) is 11.1. The van der Waals surface area contributed by atoms with Crippen molar-refractivity contribution in [3.05, 3.63) is 42.2 Å². The average Bonchev–Trinajstić information content (AvgIpc) is 3.59. The van der Waals surface area contributed by atoms with E-state index >= 15 is 0 Å². The van der Waals surface area contributed by atoms with Crippen molar-refractivity contribution >= 4 is 23.4 Å². The van der Waals surface area contributed by atoms with Crippen LogP contribution in [0.1, 0.15) is 0 Å². The van der Waals surface area contributed by atoms with Gasteiger partial charge in [-0.1, -0.05) is 0 Å². The summed E-state index contributed by atoms with van der Waals surface area (Å²) in [5.41, 5.74) is 6.24. The number of nitrogens with two attached hydrogens (primary N) is 1. The van der Waals surface area contributed by atoms with Crippen molar-refractivity contribution in [1.29, 1.82) is 0 Å². The number of rotatable bonds is 10. The Morgan fingerprint density at radius 1 is 1.13 bits per heavy atom. The van der Waals surface area contributed by atoms with Gasteiger partial charge < -0.3 is 35.3 Å². The number of aliphatic hydroxyl groups excluding tert-OH is 2. The van der Waals surface area contributed by atoms with Crippen LogP contribution in [0.15, 0.2) is 34.9 Å². The standard InChI is InChI=1S/C23H27F2N9O4/c24-15-10-16(25)19(38-13-14(36)12-35)11-17(15)33-7-5-32(6-8-33)4-3-27-22-29-21(26)34-23(30-22)28-20(31-34)18-2-1-9-37-18/h1-2,9-11,14,35-36H,3-8,12-13H2,(H3,26,27,28,29,30,31)/t14-/m1/s1. The summed E-state index contributed by atoms with van der Waals surface area (Å²) in [7, 11) is 0. The second-order valence-electron chi connectivity index (χ2n) is 8.67. The summed E-state index contributed by atoms with van der Waals surface area (Å²) in [5.74, 6) is -0.159. The van der Waals surface area contributed by atoms with Crippen LogP contribution in [0.2, 0.25) is 0 Å². The van der Waals surface area contributed by atoms with Crippen LogP contribution >= 0.6 is 0 Å². The van der Waals surface area contributed by atoms with E-state index < -0.39 is 24.3 Å². The highest BCUT2D eigenvalue weighted by Crippen LogP contribution is 2.29. The topological polar surface area (TPSA) is 163 Å². The van der Waals surface area contributed by atoms with Crippen LogP contribution in [-0.2, 0) is 0 Å². The van der Waals surface area contributed by atoms with Crippen molar-refractivity contribution in [3.63, 3.8) is 0 Å². The van der Waals surface area contributed by atoms with Crippen molar-refractivity contribution in [1.82, 2.24) is 29.5 Å². The maximum atomic E-state index is 14.5. The second-order valence-corrected chi connectivity index (χ2v) is 8.67. The number of anilines is 3. The molecule has 3 aromatic heterocycles. The first-order valence-corrected chi connectivity index (χ1v) is 12.0. The maximum absolute atomic E-state index is 14.5. The molecule has 1 atom stereocenters. The molecule has 0 saturated carbocycles. The van der Waals surface area contributed by atoms with Gasteiger partial charge in [0, 0.05) is 51.4 Å². The van der Waals surface area contributed by atoms with Gasteiger partial charge in [-0.2, -0.15) is 19.5 Å². The lowest BCUT2D eigenvalue weighted by molar-refractivity contribution is 0.0523. The number of nitrogens with zero attached hydrogens (tertiary/aromatic N) is 7. The van der Waals surface area contributed by atoms with E-state index in [1.54, 1.807) is 12.1 Å². The van der Waals surface area contributed by atoms with E-state index in [0.717, 1.165) is 6.07 Å². The fraction of sp³-hybridized carbons (Fsp3) is 0.391. The lowest BCUT2D eigenvalue weighted by Crippen LogP contribution is -2.48. The third kappa shape index (κ3) is 5.58. The number of aliphatic hydroxyl groups is 2. The Morgan fingerprint density at radius 2 is 1.95 bits per heavy atom.